The van der Waals surface area contributed by atoms with Gasteiger partial charge >= 0.3 is 0 Å². The van der Waals surface area contributed by atoms with Crippen LogP contribution in [0.5, 0.6) is 0 Å². The van der Waals surface area contributed by atoms with E-state index in [0.717, 1.165) is 117 Å². The molecule has 8 aromatic heterocycles. The minimum absolute atomic E-state index is 0.0588. The zero-order chi connectivity index (χ0) is 42.3. The molecule has 13 aromatic rings. The van der Waals surface area contributed by atoms with Crippen molar-refractivity contribution < 1.29 is 0 Å². The highest BCUT2D eigenvalue weighted by molar-refractivity contribution is 6.24. The van der Waals surface area contributed by atoms with E-state index in [1.807, 2.05) is 108 Å². The van der Waals surface area contributed by atoms with Crippen LogP contribution in [0.2, 0.25) is 0 Å². The number of benzene rings is 5. The van der Waals surface area contributed by atoms with Crippen LogP contribution in [0.4, 0.5) is 0 Å². The van der Waals surface area contributed by atoms with Gasteiger partial charge in [-0.2, -0.15) is 0 Å². The van der Waals surface area contributed by atoms with Gasteiger partial charge in [-0.15, -0.1) is 0 Å². The second kappa shape index (κ2) is 14.1. The summed E-state index contributed by atoms with van der Waals surface area (Å²) in [5.74, 6) is 0. The molecule has 0 amide bonds. The number of nitrogens with zero attached hydrogens (tertiary/aromatic N) is 7. The normalized spacial score (nSPS) is 11.8. The fraction of sp³-hybridized carbons (Fsp3) is 0. The molecule has 0 aliphatic heterocycles. The molecule has 0 radical (unpaired) electrons. The van der Waals surface area contributed by atoms with Crippen molar-refractivity contribution in [1.82, 2.24) is 33.7 Å². The van der Waals surface area contributed by atoms with E-state index in [9.17, 15) is 4.79 Å². The first-order valence-corrected chi connectivity index (χ1v) is 21.2. The van der Waals surface area contributed by atoms with Crippen molar-refractivity contribution in [2.45, 2.75) is 0 Å². The molecule has 0 aliphatic carbocycles. The molecule has 0 spiro atoms. The highest BCUT2D eigenvalue weighted by atomic mass is 16.1. The predicted octanol–water partition coefficient (Wildman–Crippen LogP) is 12.6. The lowest BCUT2D eigenvalue weighted by atomic mass is 9.95. The van der Waals surface area contributed by atoms with Gasteiger partial charge in [0.25, 0.3) is 5.56 Å². The fourth-order valence-corrected chi connectivity index (χ4v) is 9.54. The first-order valence-electron chi connectivity index (χ1n) is 21.2. The van der Waals surface area contributed by atoms with Gasteiger partial charge in [0, 0.05) is 57.5 Å². The van der Waals surface area contributed by atoms with Crippen molar-refractivity contribution >= 4 is 54.5 Å². The maximum atomic E-state index is 15.0. The molecule has 0 saturated carbocycles. The lowest BCUT2D eigenvalue weighted by molar-refractivity contribution is 1.21. The number of rotatable bonds is 6. The van der Waals surface area contributed by atoms with Crippen molar-refractivity contribution in [2.24, 2.45) is 0 Å². The van der Waals surface area contributed by atoms with E-state index in [1.165, 1.54) is 0 Å². The Morgan fingerprint density at radius 1 is 0.297 bits per heavy atom. The molecule has 5 aromatic carbocycles. The summed E-state index contributed by atoms with van der Waals surface area (Å²) in [7, 11) is 0. The Morgan fingerprint density at radius 2 is 0.734 bits per heavy atom. The maximum absolute atomic E-state index is 15.0. The second-order valence-electron chi connectivity index (χ2n) is 16.1. The molecule has 298 valence electrons. The summed E-state index contributed by atoms with van der Waals surface area (Å²) in [6, 6.07) is 59.9. The highest BCUT2D eigenvalue weighted by Gasteiger charge is 2.23. The Bertz CT molecular complexity index is 3900. The number of aromatic nitrogens is 7. The standard InChI is InChI=1S/C56H33N7O/c64-56-42-11-1-2-16-51(42)62-52-21-17-34(36-27-38(45-12-3-7-23-57-45)29-39(28-36)46-13-4-8-24-58-46)30-43(52)40-19-20-41-44-31-35(18-22-53(44)63(56)55(41)54(40)62)37-32-49(47-14-5-9-25-59-47)61-50(33-37)48-15-6-10-26-60-48/h1-33H. The lowest BCUT2D eigenvalue weighted by Crippen LogP contribution is -2.09. The van der Waals surface area contributed by atoms with Crippen molar-refractivity contribution in [3.05, 3.63) is 211 Å². The van der Waals surface area contributed by atoms with Gasteiger partial charge in [-0.3, -0.25) is 29.1 Å². The van der Waals surface area contributed by atoms with Crippen LogP contribution in [-0.2, 0) is 0 Å². The summed E-state index contributed by atoms with van der Waals surface area (Å²) in [5, 5.41) is 4.80. The minimum atomic E-state index is -0.0588. The molecule has 64 heavy (non-hydrogen) atoms. The molecule has 0 atom stereocenters. The van der Waals surface area contributed by atoms with Crippen molar-refractivity contribution in [2.75, 3.05) is 0 Å². The summed E-state index contributed by atoms with van der Waals surface area (Å²) in [6.07, 6.45) is 7.22. The van der Waals surface area contributed by atoms with E-state index in [0.29, 0.717) is 5.39 Å². The monoisotopic (exact) mass is 819 g/mol. The van der Waals surface area contributed by atoms with Gasteiger partial charge in [0.1, 0.15) is 0 Å². The SMILES string of the molecule is O=c1c2ccccc2n2c3ccc(-c4cc(-c5ccccn5)cc(-c5ccccn5)c4)cc3c3ccc4c5cc(-c6cc(-c7ccccn7)nc(-c7ccccn7)c6)ccc5n1c4c32. The molecule has 0 saturated heterocycles. The first-order chi connectivity index (χ1) is 31.6. The third-order valence-corrected chi connectivity index (χ3v) is 12.4. The van der Waals surface area contributed by atoms with E-state index in [-0.39, 0.29) is 5.56 Å². The van der Waals surface area contributed by atoms with Gasteiger partial charge < -0.3 is 4.40 Å². The van der Waals surface area contributed by atoms with Crippen LogP contribution in [-0.4, -0.2) is 33.7 Å². The van der Waals surface area contributed by atoms with Gasteiger partial charge in [0.05, 0.1) is 67.1 Å². The third kappa shape index (κ3) is 5.56. The predicted molar refractivity (Wildman–Crippen MR) is 257 cm³/mol. The van der Waals surface area contributed by atoms with E-state index in [2.05, 4.69) is 99.3 Å². The van der Waals surface area contributed by atoms with Crippen LogP contribution in [0.15, 0.2) is 206 Å². The Balaban J connectivity index is 1.06. The van der Waals surface area contributed by atoms with E-state index < -0.39 is 0 Å². The molecule has 8 heteroatoms. The van der Waals surface area contributed by atoms with Crippen LogP contribution in [0, 0.1) is 0 Å². The lowest BCUT2D eigenvalue weighted by Gasteiger charge is -2.11. The van der Waals surface area contributed by atoms with E-state index >= 15 is 0 Å². The smallest absolute Gasteiger partial charge is 0.265 e. The molecule has 13 rings (SSSR count). The van der Waals surface area contributed by atoms with Crippen molar-refractivity contribution in [1.29, 1.82) is 0 Å². The summed E-state index contributed by atoms with van der Waals surface area (Å²) < 4.78 is 4.22. The Morgan fingerprint density at radius 3 is 1.27 bits per heavy atom. The van der Waals surface area contributed by atoms with Gasteiger partial charge in [-0.25, -0.2) is 4.98 Å². The molecule has 0 aliphatic rings. The topological polar surface area (TPSA) is 90.3 Å². The van der Waals surface area contributed by atoms with Crippen molar-refractivity contribution in [3.8, 4) is 67.5 Å². The molecular formula is C56H33N7O. The van der Waals surface area contributed by atoms with Gasteiger partial charge in [0.2, 0.25) is 0 Å². The number of hydrogen-bond acceptors (Lipinski definition) is 6. The van der Waals surface area contributed by atoms with Gasteiger partial charge in [-0.1, -0.05) is 60.7 Å². The fourth-order valence-electron chi connectivity index (χ4n) is 9.54. The number of pyridine rings is 5. The summed E-state index contributed by atoms with van der Waals surface area (Å²) in [4.78, 5) is 38.7. The average molecular weight is 820 g/mol. The van der Waals surface area contributed by atoms with Crippen molar-refractivity contribution in [3.63, 3.8) is 0 Å². The quantitative estimate of drug-likeness (QED) is 0.166. The van der Waals surface area contributed by atoms with Crippen LogP contribution in [0.25, 0.3) is 122 Å². The van der Waals surface area contributed by atoms with Crippen LogP contribution in [0.3, 0.4) is 0 Å². The molecule has 8 nitrogen and oxygen atoms in total. The number of fused-ring (bicyclic) bond motifs is 8. The maximum Gasteiger partial charge on any atom is 0.265 e. The van der Waals surface area contributed by atoms with Gasteiger partial charge in [-0.05, 0) is 138 Å². The molecule has 8 heterocycles. The second-order valence-corrected chi connectivity index (χ2v) is 16.1. The van der Waals surface area contributed by atoms with Crippen LogP contribution >= 0.6 is 0 Å². The van der Waals surface area contributed by atoms with E-state index in [1.54, 1.807) is 12.4 Å². The Hall–Kier alpha value is -8.88. The highest BCUT2D eigenvalue weighted by Crippen LogP contribution is 2.42. The van der Waals surface area contributed by atoms with Gasteiger partial charge in [0.15, 0.2) is 0 Å². The third-order valence-electron chi connectivity index (χ3n) is 12.4. The summed E-state index contributed by atoms with van der Waals surface area (Å²) in [5.41, 5.74) is 15.5. The van der Waals surface area contributed by atoms with E-state index in [4.69, 9.17) is 15.0 Å². The molecular weight excluding hydrogens is 787 g/mol. The Kier molecular flexibility index (Phi) is 7.89. The largest absolute Gasteiger partial charge is 0.306 e. The average Bonchev–Trinajstić information content (AvgIpc) is 3.85. The Labute approximate surface area is 365 Å². The molecule has 0 N–H and O–H groups in total. The minimum Gasteiger partial charge on any atom is -0.306 e. The summed E-state index contributed by atoms with van der Waals surface area (Å²) >= 11 is 0. The van der Waals surface area contributed by atoms with Crippen LogP contribution < -0.4 is 5.56 Å². The summed E-state index contributed by atoms with van der Waals surface area (Å²) in [6.45, 7) is 0. The molecule has 0 unspecified atom stereocenters. The zero-order valence-corrected chi connectivity index (χ0v) is 34.1. The van der Waals surface area contributed by atoms with Crippen LogP contribution in [0.1, 0.15) is 0 Å². The molecule has 0 fully saturated rings. The zero-order valence-electron chi connectivity index (χ0n) is 34.1. The number of hydrogen-bond donors (Lipinski definition) is 0. The number of para-hydroxylation sites is 1. The first kappa shape index (κ1) is 35.8. The molecule has 0 bridgehead atoms.